The Labute approximate surface area is 193 Å². The van der Waals surface area contributed by atoms with Crippen molar-refractivity contribution >= 4 is 43.2 Å². The summed E-state index contributed by atoms with van der Waals surface area (Å²) in [6.45, 7) is 5.45. The van der Waals surface area contributed by atoms with Gasteiger partial charge in [-0.2, -0.15) is 4.31 Å². The van der Waals surface area contributed by atoms with Crippen LogP contribution in [0.25, 0.3) is 10.2 Å². The standard InChI is InChI=1S/C23H28N4O3S2/c1-2-26-13-15-27(16-14-26)32(29,30)19-8-5-7-18(17-19)24-22(28)11-6-12-23-25-20-9-3-4-10-21(20)31-23/h3-5,7-10,17H,2,6,11-16H2,1H3,(H,24,28). The molecule has 1 N–H and O–H groups in total. The van der Waals surface area contributed by atoms with Gasteiger partial charge in [-0.15, -0.1) is 11.3 Å². The Morgan fingerprint density at radius 2 is 1.88 bits per heavy atom. The maximum atomic E-state index is 13.0. The van der Waals surface area contributed by atoms with E-state index in [0.717, 1.165) is 41.3 Å². The lowest BCUT2D eigenvalue weighted by molar-refractivity contribution is -0.116. The third-order valence-corrected chi connectivity index (χ3v) is 8.66. The zero-order valence-electron chi connectivity index (χ0n) is 18.2. The van der Waals surface area contributed by atoms with Gasteiger partial charge >= 0.3 is 0 Å². The van der Waals surface area contributed by atoms with Gasteiger partial charge in [-0.1, -0.05) is 25.1 Å². The number of para-hydroxylation sites is 1. The van der Waals surface area contributed by atoms with Gasteiger partial charge in [0, 0.05) is 38.3 Å². The maximum absolute atomic E-state index is 13.0. The highest BCUT2D eigenvalue weighted by Crippen LogP contribution is 2.23. The number of hydrogen-bond donors (Lipinski definition) is 1. The predicted octanol–water partition coefficient (Wildman–Crippen LogP) is 3.58. The minimum absolute atomic E-state index is 0.128. The highest BCUT2D eigenvalue weighted by atomic mass is 32.2. The number of piperazine rings is 1. The fourth-order valence-electron chi connectivity index (χ4n) is 3.82. The average Bonchev–Trinajstić information content (AvgIpc) is 3.22. The van der Waals surface area contributed by atoms with Crippen LogP contribution in [-0.4, -0.2) is 61.2 Å². The zero-order chi connectivity index (χ0) is 22.6. The van der Waals surface area contributed by atoms with Gasteiger partial charge < -0.3 is 10.2 Å². The SMILES string of the molecule is CCN1CCN(S(=O)(=O)c2cccc(NC(=O)CCCc3nc4ccccc4s3)c2)CC1. The summed E-state index contributed by atoms with van der Waals surface area (Å²) in [5.74, 6) is -0.128. The van der Waals surface area contributed by atoms with Crippen LogP contribution in [0, 0.1) is 0 Å². The van der Waals surface area contributed by atoms with E-state index in [0.29, 0.717) is 31.6 Å². The van der Waals surface area contributed by atoms with Crippen LogP contribution in [0.3, 0.4) is 0 Å². The number of carbonyl (C=O) groups excluding carboxylic acids is 1. The van der Waals surface area contributed by atoms with Crippen molar-refractivity contribution in [2.75, 3.05) is 38.0 Å². The average molecular weight is 473 g/mol. The molecule has 1 amide bonds. The number of rotatable bonds is 8. The molecule has 0 aliphatic carbocycles. The third-order valence-electron chi connectivity index (χ3n) is 5.67. The number of nitrogens with one attached hydrogen (secondary N) is 1. The summed E-state index contributed by atoms with van der Waals surface area (Å²) in [7, 11) is -3.57. The molecule has 1 aliphatic heterocycles. The van der Waals surface area contributed by atoms with Crippen LogP contribution in [0.1, 0.15) is 24.8 Å². The number of hydrogen-bond acceptors (Lipinski definition) is 6. The lowest BCUT2D eigenvalue weighted by Crippen LogP contribution is -2.48. The Hall–Kier alpha value is -2.33. The minimum Gasteiger partial charge on any atom is -0.326 e. The lowest BCUT2D eigenvalue weighted by Gasteiger charge is -2.33. The third kappa shape index (κ3) is 5.35. The molecule has 1 fully saturated rings. The molecular weight excluding hydrogens is 444 g/mol. The smallest absolute Gasteiger partial charge is 0.243 e. The van der Waals surface area contributed by atoms with E-state index >= 15 is 0 Å². The first-order valence-electron chi connectivity index (χ1n) is 10.9. The second-order valence-corrected chi connectivity index (χ2v) is 10.9. The Bertz CT molecular complexity index is 1150. The van der Waals surface area contributed by atoms with Gasteiger partial charge in [0.25, 0.3) is 0 Å². The van der Waals surface area contributed by atoms with Gasteiger partial charge in [0.1, 0.15) is 0 Å². The molecule has 0 atom stereocenters. The van der Waals surface area contributed by atoms with E-state index in [4.69, 9.17) is 0 Å². The van der Waals surface area contributed by atoms with Crippen LogP contribution in [0.2, 0.25) is 0 Å². The summed E-state index contributed by atoms with van der Waals surface area (Å²) in [4.78, 5) is 19.5. The number of aromatic nitrogens is 1. The molecule has 0 unspecified atom stereocenters. The summed E-state index contributed by atoms with van der Waals surface area (Å²) in [5, 5.41) is 3.86. The van der Waals surface area contributed by atoms with Gasteiger partial charge in [0.2, 0.25) is 15.9 Å². The van der Waals surface area contributed by atoms with Crippen molar-refractivity contribution in [3.05, 3.63) is 53.5 Å². The molecule has 1 saturated heterocycles. The molecule has 3 aromatic rings. The summed E-state index contributed by atoms with van der Waals surface area (Å²) >= 11 is 1.66. The summed E-state index contributed by atoms with van der Waals surface area (Å²) in [6.07, 6.45) is 1.78. The fraction of sp³-hybridized carbons (Fsp3) is 0.391. The molecule has 4 rings (SSSR count). The first kappa shape index (κ1) is 22.8. The molecule has 0 spiro atoms. The topological polar surface area (TPSA) is 82.6 Å². The van der Waals surface area contributed by atoms with E-state index in [1.807, 2.05) is 24.3 Å². The molecule has 0 saturated carbocycles. The Kier molecular flexibility index (Phi) is 7.20. The van der Waals surface area contributed by atoms with Crippen molar-refractivity contribution < 1.29 is 13.2 Å². The molecule has 2 aromatic carbocycles. The predicted molar refractivity (Wildman–Crippen MR) is 129 cm³/mol. The highest BCUT2D eigenvalue weighted by Gasteiger charge is 2.28. The first-order valence-corrected chi connectivity index (χ1v) is 13.2. The van der Waals surface area contributed by atoms with Crippen LogP contribution < -0.4 is 5.32 Å². The van der Waals surface area contributed by atoms with Gasteiger partial charge in [-0.25, -0.2) is 13.4 Å². The van der Waals surface area contributed by atoms with E-state index in [1.54, 1.807) is 35.6 Å². The number of carbonyl (C=O) groups is 1. The van der Waals surface area contributed by atoms with Gasteiger partial charge in [0.15, 0.2) is 0 Å². The molecule has 170 valence electrons. The molecule has 1 aromatic heterocycles. The zero-order valence-corrected chi connectivity index (χ0v) is 19.8. The molecule has 0 bridgehead atoms. The lowest BCUT2D eigenvalue weighted by atomic mass is 10.2. The Morgan fingerprint density at radius 3 is 2.62 bits per heavy atom. The quantitative estimate of drug-likeness (QED) is 0.542. The van der Waals surface area contributed by atoms with Crippen molar-refractivity contribution in [2.24, 2.45) is 0 Å². The van der Waals surface area contributed by atoms with E-state index < -0.39 is 10.0 Å². The molecular formula is C23H28N4O3S2. The fourth-order valence-corrected chi connectivity index (χ4v) is 6.30. The van der Waals surface area contributed by atoms with Gasteiger partial charge in [-0.05, 0) is 49.7 Å². The number of sulfonamides is 1. The van der Waals surface area contributed by atoms with E-state index in [9.17, 15) is 13.2 Å². The van der Waals surface area contributed by atoms with E-state index in [1.165, 1.54) is 4.31 Å². The molecule has 1 aliphatic rings. The summed E-state index contributed by atoms with van der Waals surface area (Å²) < 4.78 is 28.7. The second kappa shape index (κ2) is 10.1. The molecule has 0 radical (unpaired) electrons. The maximum Gasteiger partial charge on any atom is 0.243 e. The minimum atomic E-state index is -3.57. The number of fused-ring (bicyclic) bond motifs is 1. The first-order chi connectivity index (χ1) is 15.5. The van der Waals surface area contributed by atoms with Crippen LogP contribution in [0.5, 0.6) is 0 Å². The van der Waals surface area contributed by atoms with Crippen LogP contribution in [-0.2, 0) is 21.2 Å². The van der Waals surface area contributed by atoms with Crippen molar-refractivity contribution in [3.8, 4) is 0 Å². The molecule has 9 heteroatoms. The van der Waals surface area contributed by atoms with Gasteiger partial charge in [-0.3, -0.25) is 4.79 Å². The monoisotopic (exact) mass is 472 g/mol. The number of aryl methyl sites for hydroxylation is 1. The van der Waals surface area contributed by atoms with E-state index in [2.05, 4.69) is 22.1 Å². The largest absolute Gasteiger partial charge is 0.326 e. The van der Waals surface area contributed by atoms with Crippen LogP contribution in [0.15, 0.2) is 53.4 Å². The van der Waals surface area contributed by atoms with Crippen molar-refractivity contribution in [1.82, 2.24) is 14.2 Å². The molecule has 32 heavy (non-hydrogen) atoms. The number of benzene rings is 2. The second-order valence-electron chi connectivity index (χ2n) is 7.84. The number of likely N-dealkylation sites (N-methyl/N-ethyl adjacent to an activating group) is 1. The van der Waals surface area contributed by atoms with Crippen LogP contribution >= 0.6 is 11.3 Å². The number of anilines is 1. The molecule has 2 heterocycles. The van der Waals surface area contributed by atoms with Crippen LogP contribution in [0.4, 0.5) is 5.69 Å². The number of nitrogens with zero attached hydrogens (tertiary/aromatic N) is 3. The normalized spacial score (nSPS) is 15.8. The summed E-state index contributed by atoms with van der Waals surface area (Å²) in [6, 6.07) is 14.5. The highest BCUT2D eigenvalue weighted by molar-refractivity contribution is 7.89. The Morgan fingerprint density at radius 1 is 1.09 bits per heavy atom. The summed E-state index contributed by atoms with van der Waals surface area (Å²) in [5.41, 5.74) is 1.49. The van der Waals surface area contributed by atoms with Crippen molar-refractivity contribution in [1.29, 1.82) is 0 Å². The van der Waals surface area contributed by atoms with Crippen molar-refractivity contribution in [2.45, 2.75) is 31.1 Å². The van der Waals surface area contributed by atoms with Gasteiger partial charge in [0.05, 0.1) is 20.1 Å². The van der Waals surface area contributed by atoms with E-state index in [-0.39, 0.29) is 10.8 Å². The van der Waals surface area contributed by atoms with Crippen molar-refractivity contribution in [3.63, 3.8) is 0 Å². The number of amides is 1. The Balaban J connectivity index is 1.32. The number of thiazole rings is 1. The molecule has 7 nitrogen and oxygen atoms in total.